The number of nitrogens with one attached hydrogen (secondary N) is 1. The third-order valence-electron chi connectivity index (χ3n) is 5.07. The Kier molecular flexibility index (Phi) is 4.96. The zero-order chi connectivity index (χ0) is 24.5. The lowest BCUT2D eigenvalue weighted by molar-refractivity contribution is 0.157. The lowest BCUT2D eigenvalue weighted by Crippen LogP contribution is -2.32. The molecule has 0 amide bonds. The van der Waals surface area contributed by atoms with Gasteiger partial charge in [-0.05, 0) is 63.2 Å². The van der Waals surface area contributed by atoms with Crippen molar-refractivity contribution >= 4 is 38.3 Å². The maximum absolute atomic E-state index is 14.4. The number of anilines is 2. The summed E-state index contributed by atoms with van der Waals surface area (Å²) in [5, 5.41) is 3.37. The average molecular weight is 479 g/mol. The number of likely N-dealkylation sites (tertiary alicyclic amines) is 1. The summed E-state index contributed by atoms with van der Waals surface area (Å²) in [7, 11) is 0.328. The van der Waals surface area contributed by atoms with Gasteiger partial charge in [0.25, 0.3) is 0 Å². The van der Waals surface area contributed by atoms with Crippen molar-refractivity contribution in [3.63, 3.8) is 0 Å². The quantitative estimate of drug-likeness (QED) is 0.537. The number of fused-ring (bicyclic) bond motifs is 1. The van der Waals surface area contributed by atoms with Gasteiger partial charge in [0.05, 0.1) is 30.3 Å². The molecule has 1 saturated heterocycles. The van der Waals surface area contributed by atoms with Crippen LogP contribution in [0.4, 0.5) is 15.9 Å². The fourth-order valence-corrected chi connectivity index (χ4v) is 3.66. The van der Waals surface area contributed by atoms with Gasteiger partial charge in [-0.15, -0.1) is 0 Å². The van der Waals surface area contributed by atoms with Gasteiger partial charge in [0.15, 0.2) is 11.5 Å². The van der Waals surface area contributed by atoms with Crippen LogP contribution in [-0.2, 0) is 0 Å². The van der Waals surface area contributed by atoms with E-state index in [1.54, 1.807) is 12.1 Å². The van der Waals surface area contributed by atoms with Gasteiger partial charge in [0, 0.05) is 15.9 Å². The number of aromatic nitrogens is 2. The first-order valence-corrected chi connectivity index (χ1v) is 10.3. The molecule has 1 aliphatic heterocycles. The zero-order valence-electron chi connectivity index (χ0n) is 20.4. The lowest BCUT2D eigenvalue weighted by atomic mass is 9.98. The molecule has 0 spiro atoms. The molecule has 3 aromatic rings. The Morgan fingerprint density at radius 2 is 2.10 bits per heavy atom. The first-order chi connectivity index (χ1) is 16.1. The SMILES string of the molecule is [2H]C([2H])Oc1cc2c(Nc3ccc(Br)cc3F)ncnc2cc1OC([2H])([2H])C1CCN(C)CC1. The van der Waals surface area contributed by atoms with Gasteiger partial charge in [-0.3, -0.25) is 0 Å². The van der Waals surface area contributed by atoms with Crippen LogP contribution in [0.5, 0.6) is 11.5 Å². The minimum atomic E-state index is -1.98. The number of benzene rings is 2. The van der Waals surface area contributed by atoms with Crippen molar-refractivity contribution in [2.45, 2.75) is 12.8 Å². The Morgan fingerprint density at radius 1 is 1.27 bits per heavy atom. The molecule has 0 aliphatic carbocycles. The second-order valence-corrected chi connectivity index (χ2v) is 8.12. The highest BCUT2D eigenvalue weighted by molar-refractivity contribution is 9.10. The van der Waals surface area contributed by atoms with Crippen LogP contribution in [0, 0.1) is 11.7 Å². The Balaban J connectivity index is 1.70. The zero-order valence-corrected chi connectivity index (χ0v) is 17.9. The summed E-state index contributed by atoms with van der Waals surface area (Å²) in [5.41, 5.74) is 0.603. The molecule has 1 fully saturated rings. The molecule has 0 bridgehead atoms. The Hall–Kier alpha value is -2.45. The topological polar surface area (TPSA) is 59.5 Å². The molecular weight excluding hydrogens is 451 g/mol. The standard InChI is InChI=1S/C22H24BrFN4O2/c1-28-7-5-14(6-8-28)12-30-21-11-19-16(10-20(21)29-2)22(26-13-25-19)27-18-4-3-15(23)9-17(18)24/h3-4,9-11,13-14H,5-8,12H2,1-2H3,(H,25,26,27)/i2D2,12D2. The molecule has 2 aromatic carbocycles. The van der Waals surface area contributed by atoms with Gasteiger partial charge >= 0.3 is 0 Å². The molecule has 4 rings (SSSR count). The molecule has 0 atom stereocenters. The van der Waals surface area contributed by atoms with Crippen molar-refractivity contribution in [1.82, 2.24) is 14.9 Å². The summed E-state index contributed by atoms with van der Waals surface area (Å²) in [6, 6.07) is 7.53. The summed E-state index contributed by atoms with van der Waals surface area (Å²) in [5.74, 6) is -0.472. The normalized spacial score (nSPS) is 17.9. The van der Waals surface area contributed by atoms with E-state index in [0.29, 0.717) is 28.2 Å². The van der Waals surface area contributed by atoms with Crippen LogP contribution in [0.2, 0.25) is 0 Å². The van der Waals surface area contributed by atoms with E-state index in [1.807, 2.05) is 7.05 Å². The molecule has 2 heterocycles. The number of hydrogen-bond acceptors (Lipinski definition) is 6. The number of halogens is 2. The highest BCUT2D eigenvalue weighted by Gasteiger charge is 2.19. The molecule has 0 saturated carbocycles. The van der Waals surface area contributed by atoms with Crippen molar-refractivity contribution < 1.29 is 19.3 Å². The third-order valence-corrected chi connectivity index (χ3v) is 5.56. The largest absolute Gasteiger partial charge is 0.493 e. The number of hydrogen-bond donors (Lipinski definition) is 1. The summed E-state index contributed by atoms with van der Waals surface area (Å²) in [6.45, 7) is -0.447. The maximum Gasteiger partial charge on any atom is 0.163 e. The minimum absolute atomic E-state index is 0.00781. The predicted molar refractivity (Wildman–Crippen MR) is 119 cm³/mol. The average Bonchev–Trinajstić information content (AvgIpc) is 2.76. The molecule has 8 heteroatoms. The lowest BCUT2D eigenvalue weighted by Gasteiger charge is -2.28. The van der Waals surface area contributed by atoms with Gasteiger partial charge in [-0.1, -0.05) is 15.9 Å². The van der Waals surface area contributed by atoms with Crippen LogP contribution in [-0.4, -0.2) is 48.6 Å². The fourth-order valence-electron chi connectivity index (χ4n) is 3.33. The number of nitrogens with zero attached hydrogens (tertiary/aromatic N) is 3. The number of rotatable bonds is 6. The van der Waals surface area contributed by atoms with Crippen LogP contribution in [0.25, 0.3) is 10.9 Å². The number of ether oxygens (including phenoxy) is 2. The monoisotopic (exact) mass is 478 g/mol. The van der Waals surface area contributed by atoms with E-state index in [4.69, 9.17) is 15.0 Å². The van der Waals surface area contributed by atoms with E-state index < -0.39 is 19.4 Å². The molecule has 158 valence electrons. The maximum atomic E-state index is 14.4. The van der Waals surface area contributed by atoms with Crippen LogP contribution in [0.1, 0.15) is 18.3 Å². The van der Waals surface area contributed by atoms with E-state index in [-0.39, 0.29) is 28.9 Å². The summed E-state index contributed by atoms with van der Waals surface area (Å²) >= 11 is 3.22. The summed E-state index contributed by atoms with van der Waals surface area (Å²) in [4.78, 5) is 10.6. The van der Waals surface area contributed by atoms with Crippen LogP contribution < -0.4 is 14.8 Å². The van der Waals surface area contributed by atoms with E-state index in [0.717, 1.165) is 13.1 Å². The van der Waals surface area contributed by atoms with E-state index in [2.05, 4.69) is 36.1 Å². The van der Waals surface area contributed by atoms with Crippen molar-refractivity contribution in [2.75, 3.05) is 39.1 Å². The Morgan fingerprint density at radius 3 is 2.87 bits per heavy atom. The van der Waals surface area contributed by atoms with Gasteiger partial charge in [-0.25, -0.2) is 14.4 Å². The van der Waals surface area contributed by atoms with Crippen molar-refractivity contribution in [2.24, 2.45) is 5.92 Å². The van der Waals surface area contributed by atoms with Crippen molar-refractivity contribution in [1.29, 1.82) is 0 Å². The molecule has 1 aliphatic rings. The molecule has 1 N–H and O–H groups in total. The molecule has 0 unspecified atom stereocenters. The van der Waals surface area contributed by atoms with Gasteiger partial charge in [-0.2, -0.15) is 0 Å². The third kappa shape index (κ3) is 4.65. The summed E-state index contributed by atoms with van der Waals surface area (Å²) in [6.07, 6.45) is 2.58. The van der Waals surface area contributed by atoms with Gasteiger partial charge < -0.3 is 19.7 Å². The van der Waals surface area contributed by atoms with Gasteiger partial charge in [0.1, 0.15) is 18.0 Å². The fraction of sp³-hybridized carbons (Fsp3) is 0.364. The van der Waals surface area contributed by atoms with Crippen LogP contribution in [0.15, 0.2) is 41.1 Å². The van der Waals surface area contributed by atoms with E-state index in [9.17, 15) is 4.39 Å². The van der Waals surface area contributed by atoms with E-state index in [1.165, 1.54) is 24.5 Å². The first-order valence-electron chi connectivity index (χ1n) is 11.7. The van der Waals surface area contributed by atoms with E-state index >= 15 is 0 Å². The van der Waals surface area contributed by atoms with Crippen LogP contribution in [0.3, 0.4) is 0 Å². The molecule has 30 heavy (non-hydrogen) atoms. The number of methoxy groups -OCH3 is 1. The van der Waals surface area contributed by atoms with Gasteiger partial charge in [0.2, 0.25) is 0 Å². The Labute approximate surface area is 189 Å². The second kappa shape index (κ2) is 9.14. The molecular formula is C22H24BrFN4O2. The highest BCUT2D eigenvalue weighted by Crippen LogP contribution is 2.35. The van der Waals surface area contributed by atoms with Crippen molar-refractivity contribution in [3.8, 4) is 11.5 Å². The Bertz CT molecular complexity index is 1180. The molecule has 0 radical (unpaired) electrons. The van der Waals surface area contributed by atoms with Crippen molar-refractivity contribution in [3.05, 3.63) is 46.9 Å². The highest BCUT2D eigenvalue weighted by atomic mass is 79.9. The minimum Gasteiger partial charge on any atom is -0.493 e. The van der Waals surface area contributed by atoms with Crippen LogP contribution >= 0.6 is 15.9 Å². The first kappa shape index (κ1) is 16.3. The molecule has 6 nitrogen and oxygen atoms in total. The molecule has 1 aromatic heterocycles. The summed E-state index contributed by atoms with van der Waals surface area (Å²) < 4.78 is 58.2. The smallest absolute Gasteiger partial charge is 0.163 e. The predicted octanol–water partition coefficient (Wildman–Crippen LogP) is 5.00. The number of piperidine rings is 1. The second-order valence-electron chi connectivity index (χ2n) is 7.20.